The summed E-state index contributed by atoms with van der Waals surface area (Å²) < 4.78 is 170. The smallest absolute Gasteiger partial charge is 0.459 e. The van der Waals surface area contributed by atoms with Crippen molar-refractivity contribution < 1.29 is 76.1 Å². The van der Waals surface area contributed by atoms with Crippen molar-refractivity contribution in [1.29, 1.82) is 0 Å². The number of alkyl halides is 10. The molecule has 0 aromatic carbocycles. The molecule has 0 bridgehead atoms. The fourth-order valence-electron chi connectivity index (χ4n) is 1.00. The molecule has 0 aromatic rings. The molecule has 0 fully saturated rings. The third kappa shape index (κ3) is 4.68. The fourth-order valence-corrected chi connectivity index (χ4v) is 1.00. The Morgan fingerprint density at radius 3 is 1.46 bits per heavy atom. The Morgan fingerprint density at radius 1 is 0.731 bits per heavy atom. The van der Waals surface area contributed by atoms with Gasteiger partial charge in [-0.2, -0.15) is 57.1 Å². The summed E-state index contributed by atoms with van der Waals surface area (Å²) in [5.74, 6) is -14.6. The van der Waals surface area contributed by atoms with Crippen LogP contribution in [0.1, 0.15) is 0 Å². The van der Waals surface area contributed by atoms with Gasteiger partial charge < -0.3 is 4.74 Å². The van der Waals surface area contributed by atoms with Gasteiger partial charge in [0.05, 0.1) is 7.11 Å². The Morgan fingerprint density at radius 2 is 1.15 bits per heavy atom. The van der Waals surface area contributed by atoms with Crippen LogP contribution in [-0.4, -0.2) is 43.4 Å². The topological polar surface area (TPSA) is 44.8 Å². The van der Waals surface area contributed by atoms with Crippen molar-refractivity contribution in [1.82, 2.24) is 0 Å². The maximum atomic E-state index is 13.5. The third-order valence-electron chi connectivity index (χ3n) is 2.11. The van der Waals surface area contributed by atoms with Crippen LogP contribution < -0.4 is 0 Å². The van der Waals surface area contributed by atoms with E-state index in [4.69, 9.17) is 0 Å². The average Bonchev–Trinajstić information content (AvgIpc) is 2.42. The standard InChI is InChI=1S/C9H3F13O4/c1-24-4(23)6(15,16)25-7(17,8(18,19)20)9(21,22)26-5(13,14)2(10)3(11)12/h1H3. The highest BCUT2D eigenvalue weighted by atomic mass is 19.4. The molecule has 0 saturated carbocycles. The summed E-state index contributed by atoms with van der Waals surface area (Å²) in [6.45, 7) is 0. The fraction of sp³-hybridized carbons (Fsp3) is 0.667. The van der Waals surface area contributed by atoms with Crippen molar-refractivity contribution in [2.75, 3.05) is 7.11 Å². The summed E-state index contributed by atoms with van der Waals surface area (Å²) in [6, 6.07) is 0. The molecule has 1 unspecified atom stereocenters. The lowest BCUT2D eigenvalue weighted by Crippen LogP contribution is -2.63. The predicted octanol–water partition coefficient (Wildman–Crippen LogP) is 4.28. The summed E-state index contributed by atoms with van der Waals surface area (Å²) in [5, 5.41) is 0. The Bertz CT molecular complexity index is 564. The minimum absolute atomic E-state index is 0.0556. The lowest BCUT2D eigenvalue weighted by atomic mass is 10.2. The van der Waals surface area contributed by atoms with E-state index in [2.05, 4.69) is 4.74 Å². The van der Waals surface area contributed by atoms with Gasteiger partial charge in [-0.15, -0.1) is 0 Å². The van der Waals surface area contributed by atoms with Crippen molar-refractivity contribution in [2.24, 2.45) is 0 Å². The van der Waals surface area contributed by atoms with Gasteiger partial charge >= 0.3 is 42.4 Å². The molecule has 0 heterocycles. The summed E-state index contributed by atoms with van der Waals surface area (Å²) >= 11 is 0. The highest BCUT2D eigenvalue weighted by molar-refractivity contribution is 5.75. The van der Waals surface area contributed by atoms with Crippen molar-refractivity contribution in [2.45, 2.75) is 30.4 Å². The number of methoxy groups -OCH3 is 1. The van der Waals surface area contributed by atoms with E-state index in [9.17, 15) is 61.9 Å². The van der Waals surface area contributed by atoms with Crippen LogP contribution in [0.5, 0.6) is 0 Å². The SMILES string of the molecule is COC(=O)C(F)(F)OC(F)(C(F)(F)F)C(F)(F)OC(F)(F)C(F)=C(F)F. The van der Waals surface area contributed by atoms with Crippen LogP contribution in [0.3, 0.4) is 0 Å². The van der Waals surface area contributed by atoms with E-state index in [1.165, 1.54) is 0 Å². The van der Waals surface area contributed by atoms with E-state index in [-0.39, 0.29) is 7.11 Å². The van der Waals surface area contributed by atoms with E-state index in [0.717, 1.165) is 0 Å². The van der Waals surface area contributed by atoms with E-state index in [0.29, 0.717) is 0 Å². The van der Waals surface area contributed by atoms with Gasteiger partial charge in [0.25, 0.3) is 5.83 Å². The van der Waals surface area contributed by atoms with Gasteiger partial charge in [0.2, 0.25) is 0 Å². The minimum atomic E-state index is -7.33. The average molecular weight is 422 g/mol. The molecule has 0 rings (SSSR count). The van der Waals surface area contributed by atoms with Crippen molar-refractivity contribution in [3.05, 3.63) is 11.9 Å². The molecule has 0 N–H and O–H groups in total. The van der Waals surface area contributed by atoms with E-state index in [1.807, 2.05) is 4.74 Å². The Balaban J connectivity index is 6.16. The summed E-state index contributed by atoms with van der Waals surface area (Å²) in [7, 11) is 0.0556. The van der Waals surface area contributed by atoms with Crippen LogP contribution in [0, 0.1) is 0 Å². The number of carbonyl (C=O) groups excluding carboxylic acids is 1. The monoisotopic (exact) mass is 422 g/mol. The number of rotatable bonds is 7. The van der Waals surface area contributed by atoms with Crippen LogP contribution in [0.4, 0.5) is 57.1 Å². The van der Waals surface area contributed by atoms with Crippen LogP contribution in [0.2, 0.25) is 0 Å². The van der Waals surface area contributed by atoms with Crippen molar-refractivity contribution >= 4 is 5.97 Å². The van der Waals surface area contributed by atoms with Crippen molar-refractivity contribution in [3.63, 3.8) is 0 Å². The molecule has 0 aliphatic carbocycles. The summed E-state index contributed by atoms with van der Waals surface area (Å²) in [6.07, 6.45) is -31.4. The normalized spacial score (nSPS) is 16.1. The Hall–Kier alpha value is -1.78. The van der Waals surface area contributed by atoms with Gasteiger partial charge in [-0.25, -0.2) is 9.53 Å². The van der Waals surface area contributed by atoms with E-state index < -0.39 is 48.2 Å². The van der Waals surface area contributed by atoms with Crippen LogP contribution in [-0.2, 0) is 19.0 Å². The first-order chi connectivity index (χ1) is 11.2. The first kappa shape index (κ1) is 24.2. The van der Waals surface area contributed by atoms with Crippen LogP contribution >= 0.6 is 0 Å². The molecule has 0 aromatic heterocycles. The number of ether oxygens (including phenoxy) is 3. The lowest BCUT2D eigenvalue weighted by Gasteiger charge is -2.36. The maximum absolute atomic E-state index is 13.5. The zero-order valence-corrected chi connectivity index (χ0v) is 11.5. The molecule has 17 heteroatoms. The predicted molar refractivity (Wildman–Crippen MR) is 49.3 cm³/mol. The van der Waals surface area contributed by atoms with Gasteiger partial charge in [0, 0.05) is 0 Å². The van der Waals surface area contributed by atoms with Crippen LogP contribution in [0.25, 0.3) is 0 Å². The molecule has 0 aliphatic rings. The number of esters is 1. The van der Waals surface area contributed by atoms with Gasteiger partial charge in [-0.05, 0) is 0 Å². The number of hydrogen-bond donors (Lipinski definition) is 0. The maximum Gasteiger partial charge on any atom is 0.459 e. The van der Waals surface area contributed by atoms with Gasteiger partial charge in [0.15, 0.2) is 0 Å². The second-order valence-electron chi connectivity index (χ2n) is 3.91. The molecule has 0 radical (unpaired) electrons. The quantitative estimate of drug-likeness (QED) is 0.454. The Labute approximate surface area is 133 Å². The molecule has 26 heavy (non-hydrogen) atoms. The zero-order chi connectivity index (χ0) is 21.4. The Kier molecular flexibility index (Phi) is 6.60. The molecule has 4 nitrogen and oxygen atoms in total. The molecular weight excluding hydrogens is 419 g/mol. The first-order valence-electron chi connectivity index (χ1n) is 5.34. The van der Waals surface area contributed by atoms with E-state index in [1.54, 1.807) is 4.74 Å². The number of carbonyl (C=O) groups is 1. The second kappa shape index (κ2) is 7.09. The lowest BCUT2D eigenvalue weighted by molar-refractivity contribution is -0.518. The highest BCUT2D eigenvalue weighted by Gasteiger charge is 2.80. The first-order valence-corrected chi connectivity index (χ1v) is 5.34. The van der Waals surface area contributed by atoms with Gasteiger partial charge in [-0.1, -0.05) is 0 Å². The van der Waals surface area contributed by atoms with Gasteiger partial charge in [-0.3, -0.25) is 4.74 Å². The van der Waals surface area contributed by atoms with Crippen molar-refractivity contribution in [3.8, 4) is 0 Å². The zero-order valence-electron chi connectivity index (χ0n) is 11.5. The molecular formula is C9H3F13O4. The minimum Gasteiger partial charge on any atom is -0.463 e. The number of halogens is 13. The molecule has 1 atom stereocenters. The largest absolute Gasteiger partial charge is 0.463 e. The third-order valence-corrected chi connectivity index (χ3v) is 2.11. The molecule has 0 aliphatic heterocycles. The van der Waals surface area contributed by atoms with Gasteiger partial charge in [0.1, 0.15) is 0 Å². The summed E-state index contributed by atoms with van der Waals surface area (Å²) in [5.41, 5.74) is 0. The molecule has 0 saturated heterocycles. The molecule has 0 amide bonds. The highest BCUT2D eigenvalue weighted by Crippen LogP contribution is 2.52. The van der Waals surface area contributed by atoms with E-state index >= 15 is 0 Å². The summed E-state index contributed by atoms with van der Waals surface area (Å²) in [4.78, 5) is 10.4. The molecule has 154 valence electrons. The second-order valence-corrected chi connectivity index (χ2v) is 3.91. The number of hydrogen-bond acceptors (Lipinski definition) is 4. The molecule has 0 spiro atoms. The van der Waals surface area contributed by atoms with Crippen LogP contribution in [0.15, 0.2) is 11.9 Å².